The van der Waals surface area contributed by atoms with Crippen LogP contribution in [0.4, 0.5) is 9.52 Å². The molecule has 2 aromatic carbocycles. The summed E-state index contributed by atoms with van der Waals surface area (Å²) in [6, 6.07) is 9.33. The summed E-state index contributed by atoms with van der Waals surface area (Å²) in [4.78, 5) is 16.5. The number of hydrogen-bond donors (Lipinski definition) is 1. The van der Waals surface area contributed by atoms with Gasteiger partial charge in [0.15, 0.2) is 5.13 Å². The first-order chi connectivity index (χ1) is 10.0. The maximum absolute atomic E-state index is 13.0. The van der Waals surface area contributed by atoms with Crippen molar-refractivity contribution in [2.45, 2.75) is 0 Å². The quantitative estimate of drug-likeness (QED) is 0.666. The van der Waals surface area contributed by atoms with Gasteiger partial charge >= 0.3 is 0 Å². The van der Waals surface area contributed by atoms with Crippen molar-refractivity contribution in [1.29, 1.82) is 0 Å². The number of benzene rings is 2. The number of carbonyl (C=O) groups excluding carboxylic acids is 1. The van der Waals surface area contributed by atoms with E-state index in [1.165, 1.54) is 23.5 Å². The van der Waals surface area contributed by atoms with E-state index in [1.807, 2.05) is 18.2 Å². The van der Waals surface area contributed by atoms with E-state index in [-0.39, 0.29) is 10.6 Å². The highest BCUT2D eigenvalue weighted by atomic mass is 79.9. The lowest BCUT2D eigenvalue weighted by Gasteiger charge is -2.03. The van der Waals surface area contributed by atoms with E-state index in [2.05, 4.69) is 26.2 Å². The summed E-state index contributed by atoms with van der Waals surface area (Å²) in [5.41, 5.74) is 0.986. The van der Waals surface area contributed by atoms with Gasteiger partial charge < -0.3 is 0 Å². The molecule has 3 aromatic rings. The number of nitrogens with one attached hydrogen (secondary N) is 1. The van der Waals surface area contributed by atoms with Crippen molar-refractivity contribution >= 4 is 60.1 Å². The number of carbonyl (C=O) groups is 1. The molecule has 0 atom stereocenters. The lowest BCUT2D eigenvalue weighted by Crippen LogP contribution is -2.12. The second-order valence-corrected chi connectivity index (χ2v) is 6.48. The zero-order valence-corrected chi connectivity index (χ0v) is 13.5. The molecule has 1 heterocycles. The first-order valence-corrected chi connectivity index (χ1v) is 7.85. The van der Waals surface area contributed by atoms with Crippen molar-refractivity contribution in [1.82, 2.24) is 4.98 Å². The number of thiazole rings is 1. The third-order valence-corrected chi connectivity index (χ3v) is 4.65. The third kappa shape index (κ3) is 2.92. The summed E-state index contributed by atoms with van der Waals surface area (Å²) in [6.45, 7) is 0. The Morgan fingerprint density at radius 1 is 1.33 bits per heavy atom. The molecule has 3 nitrogen and oxygen atoms in total. The van der Waals surface area contributed by atoms with E-state index >= 15 is 0 Å². The molecule has 0 saturated heterocycles. The van der Waals surface area contributed by atoms with E-state index in [0.29, 0.717) is 5.13 Å². The lowest BCUT2D eigenvalue weighted by molar-refractivity contribution is 0.102. The van der Waals surface area contributed by atoms with E-state index in [0.717, 1.165) is 20.8 Å². The zero-order chi connectivity index (χ0) is 15.0. The average Bonchev–Trinajstić information content (AvgIpc) is 2.82. The van der Waals surface area contributed by atoms with Crippen molar-refractivity contribution in [3.05, 3.63) is 57.3 Å². The highest BCUT2D eigenvalue weighted by molar-refractivity contribution is 9.10. The largest absolute Gasteiger partial charge is 0.298 e. The normalized spacial score (nSPS) is 10.8. The molecular formula is C14H7BrClFN2OS. The molecule has 1 aromatic heterocycles. The maximum Gasteiger partial charge on any atom is 0.258 e. The van der Waals surface area contributed by atoms with E-state index < -0.39 is 11.7 Å². The first-order valence-electron chi connectivity index (χ1n) is 5.86. The van der Waals surface area contributed by atoms with Crippen LogP contribution >= 0.6 is 38.9 Å². The minimum atomic E-state index is -0.486. The minimum Gasteiger partial charge on any atom is -0.298 e. The van der Waals surface area contributed by atoms with Gasteiger partial charge in [-0.2, -0.15) is 0 Å². The van der Waals surface area contributed by atoms with Gasteiger partial charge in [0.1, 0.15) is 5.82 Å². The highest BCUT2D eigenvalue weighted by Crippen LogP contribution is 2.31. The molecule has 21 heavy (non-hydrogen) atoms. The molecule has 0 aliphatic carbocycles. The molecule has 1 N–H and O–H groups in total. The molecule has 0 bridgehead atoms. The van der Waals surface area contributed by atoms with Crippen LogP contribution in [0.5, 0.6) is 0 Å². The van der Waals surface area contributed by atoms with Crippen molar-refractivity contribution in [3.63, 3.8) is 0 Å². The van der Waals surface area contributed by atoms with Crippen LogP contribution in [0, 0.1) is 5.82 Å². The predicted molar refractivity (Wildman–Crippen MR) is 86.7 cm³/mol. The second-order valence-electron chi connectivity index (χ2n) is 4.18. The standard InChI is InChI=1S/C14H7BrClFN2OS/c15-9-2-1-3-11-12(9)18-14(21-11)19-13(20)8-5-4-7(17)6-10(8)16/h1-6H,(H,18,19,20). The van der Waals surface area contributed by atoms with E-state index in [1.54, 1.807) is 0 Å². The molecule has 0 unspecified atom stereocenters. The summed E-state index contributed by atoms with van der Waals surface area (Å²) in [6.07, 6.45) is 0. The lowest BCUT2D eigenvalue weighted by atomic mass is 10.2. The van der Waals surface area contributed by atoms with Crippen LogP contribution in [0.25, 0.3) is 10.2 Å². The van der Waals surface area contributed by atoms with Gasteiger partial charge in [-0.3, -0.25) is 10.1 Å². The van der Waals surface area contributed by atoms with E-state index in [9.17, 15) is 9.18 Å². The summed E-state index contributed by atoms with van der Waals surface area (Å²) < 4.78 is 14.8. The molecule has 7 heteroatoms. The number of hydrogen-bond acceptors (Lipinski definition) is 3. The fourth-order valence-corrected chi connectivity index (χ4v) is 3.53. The van der Waals surface area contributed by atoms with Crippen molar-refractivity contribution < 1.29 is 9.18 Å². The van der Waals surface area contributed by atoms with Gasteiger partial charge in [-0.15, -0.1) is 0 Å². The Bertz CT molecular complexity index is 852. The topological polar surface area (TPSA) is 42.0 Å². The Kier molecular flexibility index (Phi) is 3.93. The molecule has 0 radical (unpaired) electrons. The van der Waals surface area contributed by atoms with Gasteiger partial charge in [-0.05, 0) is 46.3 Å². The van der Waals surface area contributed by atoms with E-state index in [4.69, 9.17) is 11.6 Å². The SMILES string of the molecule is O=C(Nc1nc2c(Br)cccc2s1)c1ccc(F)cc1Cl. The maximum atomic E-state index is 13.0. The Balaban J connectivity index is 1.91. The van der Waals surface area contributed by atoms with Crippen molar-refractivity contribution in [2.24, 2.45) is 0 Å². The Morgan fingerprint density at radius 2 is 2.14 bits per heavy atom. The van der Waals surface area contributed by atoms with Crippen LogP contribution in [0.3, 0.4) is 0 Å². The van der Waals surface area contributed by atoms with Gasteiger partial charge in [0.2, 0.25) is 0 Å². The van der Waals surface area contributed by atoms with Gasteiger partial charge in [-0.25, -0.2) is 9.37 Å². The molecular weight excluding hydrogens is 379 g/mol. The van der Waals surface area contributed by atoms with Crippen molar-refractivity contribution in [3.8, 4) is 0 Å². The van der Waals surface area contributed by atoms with Gasteiger partial charge in [0.05, 0.1) is 20.8 Å². The molecule has 0 fully saturated rings. The average molecular weight is 386 g/mol. The van der Waals surface area contributed by atoms with Crippen LogP contribution < -0.4 is 5.32 Å². The Morgan fingerprint density at radius 3 is 2.86 bits per heavy atom. The van der Waals surface area contributed by atoms with Crippen LogP contribution in [-0.2, 0) is 0 Å². The molecule has 0 aliphatic rings. The highest BCUT2D eigenvalue weighted by Gasteiger charge is 2.14. The zero-order valence-electron chi connectivity index (χ0n) is 10.4. The van der Waals surface area contributed by atoms with Crippen molar-refractivity contribution in [2.75, 3.05) is 5.32 Å². The predicted octanol–water partition coefficient (Wildman–Crippen LogP) is 5.10. The van der Waals surface area contributed by atoms with Crippen LogP contribution in [0.15, 0.2) is 40.9 Å². The number of aromatic nitrogens is 1. The number of para-hydroxylation sites is 1. The fourth-order valence-electron chi connectivity index (χ4n) is 1.81. The number of anilines is 1. The number of halogens is 3. The third-order valence-electron chi connectivity index (χ3n) is 2.77. The Hall–Kier alpha value is -1.50. The van der Waals surface area contributed by atoms with Crippen LogP contribution in [0.1, 0.15) is 10.4 Å². The molecule has 1 amide bonds. The number of fused-ring (bicyclic) bond motifs is 1. The second kappa shape index (κ2) is 5.71. The van der Waals surface area contributed by atoms with Gasteiger partial charge in [0.25, 0.3) is 5.91 Å². The first kappa shape index (κ1) is 14.4. The van der Waals surface area contributed by atoms with Gasteiger partial charge in [-0.1, -0.05) is 29.0 Å². The Labute approximate surface area is 136 Å². The number of amides is 1. The molecule has 3 rings (SSSR count). The smallest absolute Gasteiger partial charge is 0.258 e. The van der Waals surface area contributed by atoms with Crippen LogP contribution in [0.2, 0.25) is 5.02 Å². The number of nitrogens with zero attached hydrogens (tertiary/aromatic N) is 1. The summed E-state index contributed by atoms with van der Waals surface area (Å²) in [5, 5.41) is 3.20. The molecule has 0 aliphatic heterocycles. The van der Waals surface area contributed by atoms with Crippen LogP contribution in [-0.4, -0.2) is 10.9 Å². The summed E-state index contributed by atoms with van der Waals surface area (Å²) in [7, 11) is 0. The molecule has 0 saturated carbocycles. The molecule has 0 spiro atoms. The monoisotopic (exact) mass is 384 g/mol. The molecule has 106 valence electrons. The summed E-state index contributed by atoms with van der Waals surface area (Å²) >= 11 is 10.6. The van der Waals surface area contributed by atoms with Gasteiger partial charge in [0, 0.05) is 4.47 Å². The fraction of sp³-hybridized carbons (Fsp3) is 0. The summed E-state index contributed by atoms with van der Waals surface area (Å²) in [5.74, 6) is -0.907. The number of rotatable bonds is 2. The minimum absolute atomic E-state index is 0.0646.